The van der Waals surface area contributed by atoms with Gasteiger partial charge < -0.3 is 41.8 Å². The second-order valence-corrected chi connectivity index (χ2v) is 25.7. The van der Waals surface area contributed by atoms with Crippen LogP contribution in [0.5, 0.6) is 23.0 Å². The van der Waals surface area contributed by atoms with Gasteiger partial charge in [0.2, 0.25) is 17.7 Å². The van der Waals surface area contributed by atoms with Gasteiger partial charge in [-0.15, -0.1) is 0 Å². The van der Waals surface area contributed by atoms with E-state index >= 15 is 0 Å². The number of aromatic nitrogens is 14. The summed E-state index contributed by atoms with van der Waals surface area (Å²) in [6, 6.07) is 49.6. The number of anilines is 3. The van der Waals surface area contributed by atoms with Crippen LogP contribution in [0, 0.1) is 0 Å². The Balaban J connectivity index is 0.000000133. The normalized spacial score (nSPS) is 16.4. The molecule has 2 aliphatic heterocycles. The van der Waals surface area contributed by atoms with Crippen LogP contribution in [0.1, 0.15) is 63.5 Å². The van der Waals surface area contributed by atoms with Crippen molar-refractivity contribution < 1.29 is 23.9 Å². The first-order valence-electron chi connectivity index (χ1n) is 34.4. The minimum atomic E-state index is -0.383. The number of fused-ring (bicyclic) bond motifs is 4. The number of carbonyl (C=O) groups is 3. The summed E-state index contributed by atoms with van der Waals surface area (Å²) in [7, 11) is 0. The fraction of sp³-hybridized carbons (Fsp3) is 0.208. The summed E-state index contributed by atoms with van der Waals surface area (Å²) in [5.74, 6) is 3.02. The van der Waals surface area contributed by atoms with Crippen LogP contribution in [-0.4, -0.2) is 129 Å². The molecule has 28 heteroatoms. The quantitative estimate of drug-likeness (QED) is 0.0442. The third-order valence-electron chi connectivity index (χ3n) is 19.1. The first kappa shape index (κ1) is 68.6. The Morgan fingerprint density at radius 2 is 1.01 bits per heavy atom. The van der Waals surface area contributed by atoms with Gasteiger partial charge in [0.25, 0.3) is 16.7 Å². The number of nitrogens with two attached hydrogens (primary N) is 3. The maximum atomic E-state index is 12.9. The Kier molecular flexibility index (Phi) is 19.6. The molecule has 16 rings (SSSR count). The summed E-state index contributed by atoms with van der Waals surface area (Å²) >= 11 is 0. The van der Waals surface area contributed by atoms with Crippen LogP contribution in [0.2, 0.25) is 0 Å². The van der Waals surface area contributed by atoms with Gasteiger partial charge in [-0.05, 0) is 167 Å². The lowest BCUT2D eigenvalue weighted by Crippen LogP contribution is -2.40. The summed E-state index contributed by atoms with van der Waals surface area (Å²) in [6.45, 7) is 12.8. The molecule has 105 heavy (non-hydrogen) atoms. The average Bonchev–Trinajstić information content (AvgIpc) is 1.62. The number of likely N-dealkylation sites (tertiary alicyclic amines) is 2. The fourth-order valence-electron chi connectivity index (χ4n) is 14.1. The minimum Gasteiger partial charge on any atom is -0.457 e. The molecular formula is C77H74N20O8. The lowest BCUT2D eigenvalue weighted by Gasteiger charge is -2.32. The lowest BCUT2D eigenvalue weighted by atomic mass is 9.91. The van der Waals surface area contributed by atoms with Gasteiger partial charge in [-0.2, -0.15) is 35.7 Å². The van der Waals surface area contributed by atoms with E-state index < -0.39 is 0 Å². The maximum absolute atomic E-state index is 12.9. The molecule has 0 bridgehead atoms. The van der Waals surface area contributed by atoms with Crippen LogP contribution in [0.25, 0.3) is 83.1 Å². The van der Waals surface area contributed by atoms with E-state index in [0.717, 1.165) is 96.1 Å². The van der Waals surface area contributed by atoms with Crippen LogP contribution < -0.4 is 48.7 Å². The molecule has 6 aromatic carbocycles. The molecule has 10 N–H and O–H groups in total. The third kappa shape index (κ3) is 14.2. The van der Waals surface area contributed by atoms with Crippen molar-refractivity contribution in [1.29, 1.82) is 0 Å². The van der Waals surface area contributed by atoms with E-state index in [4.69, 9.17) is 42.0 Å². The van der Waals surface area contributed by atoms with E-state index in [0.29, 0.717) is 87.5 Å². The number of hydrogen-bond acceptors (Lipinski definition) is 18. The molecule has 9 heterocycles. The Bertz CT molecular complexity index is 5600. The van der Waals surface area contributed by atoms with Gasteiger partial charge in [0, 0.05) is 47.8 Å². The SMILES string of the molecule is C=CC(=O)N1CCC[C@@H](n2nc(-c3ccc4c(cnn4-c4ccccc4)c3)c3c(N)n[nH]c(=O)c32)C1.C=CC(=O)N1CCC[C@@H]1Cn1nc(-c2ccc(Oc3ccccc3)cc2)c2c(N)n[nH]c(=O)c21.C=CC(=O)NC1CCC(n2nc(-c3ccc(Oc4ccccc4)cc3)c3c(N)n[nH]c(=O)c32)CC1. The standard InChI is InChI=1S/C26H24N8O2.C26H26N6O3.C25H24N6O3/c1-2-21(35)32-12-6-9-19(15-32)34-24-22(25(27)29-30-26(24)36)23(31-34)16-10-11-20-17(13-16)14-28-33(20)18-7-4-3-5-8-18;1-2-21(33)28-17-10-12-18(13-11-17)32-24-22(25(27)29-30-26(24)34)23(31-32)16-8-14-20(15-9-16)35-19-6-4-3-5-7-19;1-2-20(32)30-14-6-7-17(30)15-31-23-21(24(26)27-28-25(23)33)22(29-31)16-10-12-19(13-11-16)34-18-8-4-3-5-9-18/h2-5,7-8,10-11,13-14,19H,1,6,9,12,15H2,(H2,27,29)(H,30,36);2-9,14-15,17-18H,1,10-13H2,(H2,27,29)(H,28,33)(H,30,34);2-5,8-13,17H,1,6-7,14-15H2,(H2,26,27)(H,28,33)/t19-;;17-/m1.1/s1. The third-order valence-corrected chi connectivity index (χ3v) is 19.1. The molecule has 28 nitrogen and oxygen atoms in total. The molecular weight excluding hydrogens is 1330 g/mol. The minimum absolute atomic E-state index is 0.00622. The molecule has 0 spiro atoms. The number of nitrogen functional groups attached to an aromatic ring is 3. The van der Waals surface area contributed by atoms with Gasteiger partial charge in [0.05, 0.1) is 58.2 Å². The van der Waals surface area contributed by atoms with Crippen molar-refractivity contribution in [1.82, 2.24) is 84.8 Å². The number of para-hydroxylation sites is 3. The van der Waals surface area contributed by atoms with Crippen LogP contribution in [0.3, 0.4) is 0 Å². The first-order valence-corrected chi connectivity index (χ1v) is 34.4. The molecule has 3 fully saturated rings. The summed E-state index contributed by atoms with van der Waals surface area (Å²) in [6.07, 6.45) is 12.1. The van der Waals surface area contributed by atoms with Crippen LogP contribution in [0.4, 0.5) is 17.5 Å². The smallest absolute Gasteiger partial charge is 0.290 e. The highest BCUT2D eigenvalue weighted by atomic mass is 16.5. The van der Waals surface area contributed by atoms with Gasteiger partial charge in [-0.1, -0.05) is 80.4 Å². The molecule has 7 aromatic heterocycles. The number of rotatable bonds is 16. The molecule has 1 aliphatic carbocycles. The van der Waals surface area contributed by atoms with Gasteiger partial charge in [0.1, 0.15) is 56.6 Å². The van der Waals surface area contributed by atoms with Crippen LogP contribution in [-0.2, 0) is 20.9 Å². The molecule has 1 saturated carbocycles. The van der Waals surface area contributed by atoms with Gasteiger partial charge in [0.15, 0.2) is 17.5 Å². The molecule has 2 saturated heterocycles. The van der Waals surface area contributed by atoms with Crippen molar-refractivity contribution in [3.05, 3.63) is 233 Å². The van der Waals surface area contributed by atoms with E-state index in [9.17, 15) is 28.8 Å². The predicted octanol–water partition coefficient (Wildman–Crippen LogP) is 10.3. The van der Waals surface area contributed by atoms with Gasteiger partial charge in [-0.25, -0.2) is 20.0 Å². The zero-order chi connectivity index (χ0) is 72.8. The summed E-state index contributed by atoms with van der Waals surface area (Å²) in [5, 5.41) is 43.8. The van der Waals surface area contributed by atoms with Crippen LogP contribution in [0.15, 0.2) is 216 Å². The number of nitrogens with zero attached hydrogens (tertiary/aromatic N) is 13. The predicted molar refractivity (Wildman–Crippen MR) is 401 cm³/mol. The fourth-order valence-corrected chi connectivity index (χ4v) is 14.1. The molecule has 13 aromatic rings. The second-order valence-electron chi connectivity index (χ2n) is 25.7. The maximum Gasteiger partial charge on any atom is 0.290 e. The number of ether oxygens (including phenoxy) is 2. The largest absolute Gasteiger partial charge is 0.457 e. The Morgan fingerprint density at radius 1 is 0.524 bits per heavy atom. The van der Waals surface area contributed by atoms with Crippen molar-refractivity contribution in [3.63, 3.8) is 0 Å². The number of piperidine rings is 1. The van der Waals surface area contributed by atoms with E-state index in [1.807, 2.05) is 162 Å². The summed E-state index contributed by atoms with van der Waals surface area (Å²) in [4.78, 5) is 78.2. The molecule has 3 amide bonds. The van der Waals surface area contributed by atoms with Crippen molar-refractivity contribution in [2.24, 2.45) is 0 Å². The molecule has 0 unspecified atom stereocenters. The van der Waals surface area contributed by atoms with E-state index in [1.54, 1.807) is 30.0 Å². The van der Waals surface area contributed by atoms with Crippen molar-refractivity contribution in [2.45, 2.75) is 82.1 Å². The highest BCUT2D eigenvalue weighted by Crippen LogP contribution is 2.39. The van der Waals surface area contributed by atoms with Crippen LogP contribution >= 0.6 is 0 Å². The van der Waals surface area contributed by atoms with E-state index in [1.165, 1.54) is 18.2 Å². The van der Waals surface area contributed by atoms with E-state index in [2.05, 4.69) is 60.7 Å². The topological polar surface area (TPSA) is 375 Å². The highest BCUT2D eigenvalue weighted by Gasteiger charge is 2.33. The number of aromatic amines is 3. The van der Waals surface area contributed by atoms with Crippen molar-refractivity contribution in [3.8, 4) is 62.5 Å². The van der Waals surface area contributed by atoms with E-state index in [-0.39, 0.29) is 76.0 Å². The van der Waals surface area contributed by atoms with Gasteiger partial charge in [-0.3, -0.25) is 42.8 Å². The average molecular weight is 1410 g/mol. The number of benzene rings is 6. The molecule has 2 atom stereocenters. The number of amides is 3. The van der Waals surface area contributed by atoms with Crippen molar-refractivity contribution >= 4 is 78.8 Å². The Morgan fingerprint density at radius 3 is 1.56 bits per heavy atom. The Hall–Kier alpha value is -13.5. The Labute approximate surface area is 599 Å². The number of carbonyl (C=O) groups excluding carboxylic acids is 3. The molecule has 0 radical (unpaired) electrons. The molecule has 3 aliphatic rings. The van der Waals surface area contributed by atoms with Crippen molar-refractivity contribution in [2.75, 3.05) is 36.8 Å². The van der Waals surface area contributed by atoms with Gasteiger partial charge >= 0.3 is 0 Å². The first-order chi connectivity index (χ1) is 51.1. The second kappa shape index (κ2) is 30.0. The lowest BCUT2D eigenvalue weighted by molar-refractivity contribution is -0.128. The molecule has 530 valence electrons. The zero-order valence-electron chi connectivity index (χ0n) is 57.0. The summed E-state index contributed by atoms with van der Waals surface area (Å²) in [5.41, 5.74) is 24.7. The highest BCUT2D eigenvalue weighted by molar-refractivity contribution is 6.03. The number of hydrogen-bond donors (Lipinski definition) is 7. The monoisotopic (exact) mass is 1410 g/mol. The number of nitrogens with one attached hydrogen (secondary N) is 4. The zero-order valence-corrected chi connectivity index (χ0v) is 57.0. The number of H-pyrrole nitrogens is 3. The summed E-state index contributed by atoms with van der Waals surface area (Å²) < 4.78 is 18.8.